The van der Waals surface area contributed by atoms with Gasteiger partial charge in [0.1, 0.15) is 12.1 Å². The first-order valence-corrected chi connectivity index (χ1v) is 9.04. The second kappa shape index (κ2) is 8.27. The summed E-state index contributed by atoms with van der Waals surface area (Å²) in [5.41, 5.74) is 1.78. The van der Waals surface area contributed by atoms with E-state index >= 15 is 0 Å². The van der Waals surface area contributed by atoms with Gasteiger partial charge in [0.25, 0.3) is 5.91 Å². The van der Waals surface area contributed by atoms with Crippen LogP contribution in [-0.4, -0.2) is 73.0 Å². The summed E-state index contributed by atoms with van der Waals surface area (Å²) in [5, 5.41) is 0. The summed E-state index contributed by atoms with van der Waals surface area (Å²) in [6.45, 7) is 3.36. The first-order chi connectivity index (χ1) is 12.5. The van der Waals surface area contributed by atoms with E-state index in [1.165, 1.54) is 0 Å². The molecule has 0 saturated carbocycles. The van der Waals surface area contributed by atoms with E-state index in [1.807, 2.05) is 60.3 Å². The predicted molar refractivity (Wildman–Crippen MR) is 103 cm³/mol. The second-order valence-electron chi connectivity index (χ2n) is 7.21. The van der Waals surface area contributed by atoms with E-state index in [0.717, 1.165) is 49.7 Å². The van der Waals surface area contributed by atoms with Gasteiger partial charge in [-0.3, -0.25) is 4.79 Å². The summed E-state index contributed by atoms with van der Waals surface area (Å²) in [5.74, 6) is 1.37. The molecule has 1 aliphatic heterocycles. The summed E-state index contributed by atoms with van der Waals surface area (Å²) in [7, 11) is 6.08. The molecule has 0 bridgehead atoms. The summed E-state index contributed by atoms with van der Waals surface area (Å²) < 4.78 is 0. The normalized spacial score (nSPS) is 18.4. The first-order valence-electron chi connectivity index (χ1n) is 9.04. The minimum absolute atomic E-state index is 0.113. The van der Waals surface area contributed by atoms with Crippen LogP contribution in [0, 0.1) is 5.92 Å². The fraction of sp³-hybridized carbons (Fsp3) is 0.450. The number of nitrogens with zero attached hydrogens (tertiary/aromatic N) is 5. The SMILES string of the molecule is CN1CCN(C(=O)c2ccccc2)C[C@@H](Cc2cc(N(C)C)ncn2)C1. The number of rotatable bonds is 4. The third-order valence-electron chi connectivity index (χ3n) is 4.77. The fourth-order valence-electron chi connectivity index (χ4n) is 3.40. The fourth-order valence-corrected chi connectivity index (χ4v) is 3.40. The standard InChI is InChI=1S/C20H27N5O/c1-23(2)19-12-18(21-15-22-19)11-16-13-24(3)9-10-25(14-16)20(26)17-7-5-4-6-8-17/h4-8,12,15-16H,9-11,13-14H2,1-3H3/t16-/m0/s1. The average Bonchev–Trinajstić information content (AvgIpc) is 2.83. The van der Waals surface area contributed by atoms with Crippen LogP contribution in [0.25, 0.3) is 0 Å². The Kier molecular flexibility index (Phi) is 5.83. The molecular weight excluding hydrogens is 326 g/mol. The number of aromatic nitrogens is 2. The maximum absolute atomic E-state index is 12.9. The third kappa shape index (κ3) is 4.58. The topological polar surface area (TPSA) is 52.6 Å². The van der Waals surface area contributed by atoms with Crippen LogP contribution < -0.4 is 4.90 Å². The van der Waals surface area contributed by atoms with Crippen LogP contribution in [0.5, 0.6) is 0 Å². The number of benzene rings is 1. The molecule has 138 valence electrons. The van der Waals surface area contributed by atoms with Gasteiger partial charge in [-0.25, -0.2) is 9.97 Å². The number of hydrogen-bond donors (Lipinski definition) is 0. The number of anilines is 1. The van der Waals surface area contributed by atoms with Crippen molar-refractivity contribution < 1.29 is 4.79 Å². The number of hydrogen-bond acceptors (Lipinski definition) is 5. The Balaban J connectivity index is 1.74. The van der Waals surface area contributed by atoms with Crippen LogP contribution in [0.4, 0.5) is 5.82 Å². The van der Waals surface area contributed by atoms with E-state index in [4.69, 9.17) is 0 Å². The molecule has 1 aromatic heterocycles. The molecule has 0 radical (unpaired) electrons. The monoisotopic (exact) mass is 353 g/mol. The summed E-state index contributed by atoms with van der Waals surface area (Å²) in [6.07, 6.45) is 2.46. The molecule has 0 spiro atoms. The molecule has 1 aromatic carbocycles. The van der Waals surface area contributed by atoms with Crippen molar-refractivity contribution >= 4 is 11.7 Å². The van der Waals surface area contributed by atoms with Crippen molar-refractivity contribution in [3.63, 3.8) is 0 Å². The lowest BCUT2D eigenvalue weighted by atomic mass is 10.0. The van der Waals surface area contributed by atoms with Crippen molar-refractivity contribution in [1.29, 1.82) is 0 Å². The van der Waals surface area contributed by atoms with Crippen molar-refractivity contribution in [3.8, 4) is 0 Å². The largest absolute Gasteiger partial charge is 0.363 e. The average molecular weight is 353 g/mol. The lowest BCUT2D eigenvalue weighted by Crippen LogP contribution is -2.36. The van der Waals surface area contributed by atoms with E-state index in [0.29, 0.717) is 5.92 Å². The first kappa shape index (κ1) is 18.3. The smallest absolute Gasteiger partial charge is 0.253 e. The summed E-state index contributed by atoms with van der Waals surface area (Å²) in [4.78, 5) is 27.9. The van der Waals surface area contributed by atoms with Gasteiger partial charge in [-0.15, -0.1) is 0 Å². The van der Waals surface area contributed by atoms with Gasteiger partial charge in [0, 0.05) is 57.6 Å². The van der Waals surface area contributed by atoms with Crippen LogP contribution in [0.15, 0.2) is 42.7 Å². The van der Waals surface area contributed by atoms with Crippen molar-refractivity contribution in [3.05, 3.63) is 54.0 Å². The highest BCUT2D eigenvalue weighted by Crippen LogP contribution is 2.17. The molecule has 0 unspecified atom stereocenters. The maximum Gasteiger partial charge on any atom is 0.253 e. The molecule has 1 saturated heterocycles. The van der Waals surface area contributed by atoms with Crippen molar-refractivity contribution in [2.45, 2.75) is 6.42 Å². The van der Waals surface area contributed by atoms with Crippen molar-refractivity contribution in [2.24, 2.45) is 5.92 Å². The molecule has 0 aliphatic carbocycles. The van der Waals surface area contributed by atoms with E-state index in [1.54, 1.807) is 6.33 Å². The lowest BCUT2D eigenvalue weighted by Gasteiger charge is -2.24. The Hall–Kier alpha value is -2.47. The molecule has 1 fully saturated rings. The molecule has 2 heterocycles. The Bertz CT molecular complexity index is 734. The minimum Gasteiger partial charge on any atom is -0.363 e. The zero-order chi connectivity index (χ0) is 18.5. The molecule has 6 nitrogen and oxygen atoms in total. The van der Waals surface area contributed by atoms with Crippen LogP contribution in [-0.2, 0) is 6.42 Å². The number of amides is 1. The number of likely N-dealkylation sites (N-methyl/N-ethyl adjacent to an activating group) is 1. The van der Waals surface area contributed by atoms with Crippen molar-refractivity contribution in [2.75, 3.05) is 52.2 Å². The van der Waals surface area contributed by atoms with Crippen LogP contribution in [0.3, 0.4) is 0 Å². The Morgan fingerprint density at radius 3 is 2.65 bits per heavy atom. The van der Waals surface area contributed by atoms with Crippen molar-refractivity contribution in [1.82, 2.24) is 19.8 Å². The van der Waals surface area contributed by atoms with Gasteiger partial charge in [-0.05, 0) is 31.5 Å². The Morgan fingerprint density at radius 2 is 1.92 bits per heavy atom. The number of carbonyl (C=O) groups is 1. The predicted octanol–water partition coefficient (Wildman–Crippen LogP) is 1.79. The lowest BCUT2D eigenvalue weighted by molar-refractivity contribution is 0.0746. The minimum atomic E-state index is 0.113. The highest BCUT2D eigenvalue weighted by Gasteiger charge is 2.25. The molecule has 1 atom stereocenters. The maximum atomic E-state index is 12.9. The molecular formula is C20H27N5O. The third-order valence-corrected chi connectivity index (χ3v) is 4.77. The molecule has 2 aromatic rings. The molecule has 26 heavy (non-hydrogen) atoms. The van der Waals surface area contributed by atoms with E-state index in [-0.39, 0.29) is 5.91 Å². The molecule has 6 heteroatoms. The molecule has 3 rings (SSSR count). The zero-order valence-corrected chi connectivity index (χ0v) is 15.8. The highest BCUT2D eigenvalue weighted by atomic mass is 16.2. The summed E-state index contributed by atoms with van der Waals surface area (Å²) in [6, 6.07) is 11.6. The van der Waals surface area contributed by atoms with Crippen LogP contribution in [0.1, 0.15) is 16.1 Å². The Morgan fingerprint density at radius 1 is 1.15 bits per heavy atom. The van der Waals surface area contributed by atoms with Gasteiger partial charge < -0.3 is 14.7 Å². The van der Waals surface area contributed by atoms with E-state index < -0.39 is 0 Å². The van der Waals surface area contributed by atoms with Crippen LogP contribution in [0.2, 0.25) is 0 Å². The van der Waals surface area contributed by atoms with Crippen LogP contribution >= 0.6 is 0 Å². The van der Waals surface area contributed by atoms with Gasteiger partial charge in [0.15, 0.2) is 0 Å². The number of carbonyl (C=O) groups excluding carboxylic acids is 1. The molecule has 1 amide bonds. The quantitative estimate of drug-likeness (QED) is 0.839. The van der Waals surface area contributed by atoms with Gasteiger partial charge in [-0.1, -0.05) is 18.2 Å². The second-order valence-corrected chi connectivity index (χ2v) is 7.21. The Labute approximate surface area is 155 Å². The summed E-state index contributed by atoms with van der Waals surface area (Å²) >= 11 is 0. The van der Waals surface area contributed by atoms with Gasteiger partial charge in [-0.2, -0.15) is 0 Å². The molecule has 0 N–H and O–H groups in total. The zero-order valence-electron chi connectivity index (χ0n) is 15.8. The van der Waals surface area contributed by atoms with Gasteiger partial charge in [0.05, 0.1) is 0 Å². The van der Waals surface area contributed by atoms with Gasteiger partial charge >= 0.3 is 0 Å². The van der Waals surface area contributed by atoms with E-state index in [2.05, 4.69) is 21.9 Å². The highest BCUT2D eigenvalue weighted by molar-refractivity contribution is 5.94. The van der Waals surface area contributed by atoms with E-state index in [9.17, 15) is 4.79 Å². The van der Waals surface area contributed by atoms with Gasteiger partial charge in [0.2, 0.25) is 0 Å². The molecule has 1 aliphatic rings.